The van der Waals surface area contributed by atoms with Crippen molar-refractivity contribution < 1.29 is 22.8 Å². The van der Waals surface area contributed by atoms with Crippen molar-refractivity contribution >= 4 is 27.7 Å². The van der Waals surface area contributed by atoms with E-state index in [1.165, 1.54) is 11.9 Å². The van der Waals surface area contributed by atoms with Gasteiger partial charge in [-0.05, 0) is 19.8 Å². The molecule has 0 radical (unpaired) electrons. The number of nitrogens with one attached hydrogen (secondary N) is 2. The molecule has 0 saturated heterocycles. The highest BCUT2D eigenvalue weighted by Gasteiger charge is 2.57. The van der Waals surface area contributed by atoms with Crippen molar-refractivity contribution in [3.8, 4) is 0 Å². The first kappa shape index (κ1) is 20.4. The first-order valence-electron chi connectivity index (χ1n) is 7.61. The molecule has 10 heteroatoms. The molecule has 0 aromatic heterocycles. The Balaban J connectivity index is 2.44. The summed E-state index contributed by atoms with van der Waals surface area (Å²) in [4.78, 5) is 37.4. The Morgan fingerprint density at radius 3 is 2.12 bits per heavy atom. The zero-order chi connectivity index (χ0) is 18.7. The van der Waals surface area contributed by atoms with Gasteiger partial charge in [-0.2, -0.15) is 4.31 Å². The Bertz CT molecular complexity index is 613. The third kappa shape index (κ3) is 5.17. The van der Waals surface area contributed by atoms with Crippen LogP contribution in [0.25, 0.3) is 0 Å². The van der Waals surface area contributed by atoms with Crippen LogP contribution in [-0.2, 0) is 24.4 Å². The van der Waals surface area contributed by atoms with Gasteiger partial charge >= 0.3 is 0 Å². The van der Waals surface area contributed by atoms with Crippen LogP contribution in [0.5, 0.6) is 0 Å². The number of hydrogen-bond donors (Lipinski definition) is 2. The van der Waals surface area contributed by atoms with Gasteiger partial charge in [0, 0.05) is 33.7 Å². The summed E-state index contributed by atoms with van der Waals surface area (Å²) < 4.78 is 23.4. The van der Waals surface area contributed by atoms with E-state index in [-0.39, 0.29) is 30.9 Å². The SMILES string of the molecule is CC(CNC(=O)C1(C(=O)N(C)C)CC1)NC(=O)CN(C)S(C)(=O)=O. The Morgan fingerprint density at radius 2 is 1.71 bits per heavy atom. The second kappa shape index (κ2) is 7.47. The predicted molar refractivity (Wildman–Crippen MR) is 88.4 cm³/mol. The molecule has 138 valence electrons. The Hall–Kier alpha value is -1.68. The molecule has 0 spiro atoms. The van der Waals surface area contributed by atoms with Crippen molar-refractivity contribution in [3.05, 3.63) is 0 Å². The first-order valence-corrected chi connectivity index (χ1v) is 9.45. The predicted octanol–water partition coefficient (Wildman–Crippen LogP) is -1.63. The lowest BCUT2D eigenvalue weighted by atomic mass is 10.0. The van der Waals surface area contributed by atoms with Crippen LogP contribution in [-0.4, -0.2) is 81.9 Å². The number of amides is 3. The van der Waals surface area contributed by atoms with Crippen molar-refractivity contribution in [2.45, 2.75) is 25.8 Å². The highest BCUT2D eigenvalue weighted by molar-refractivity contribution is 7.88. The molecule has 9 nitrogen and oxygen atoms in total. The molecule has 0 heterocycles. The first-order chi connectivity index (χ1) is 10.9. The molecule has 2 N–H and O–H groups in total. The Morgan fingerprint density at radius 1 is 1.17 bits per heavy atom. The molecule has 0 aromatic rings. The van der Waals surface area contributed by atoms with Gasteiger partial charge in [-0.3, -0.25) is 14.4 Å². The lowest BCUT2D eigenvalue weighted by Gasteiger charge is -2.21. The molecular formula is C14H26N4O5S. The van der Waals surface area contributed by atoms with Gasteiger partial charge in [-0.15, -0.1) is 0 Å². The summed E-state index contributed by atoms with van der Waals surface area (Å²) >= 11 is 0. The number of hydrogen-bond acceptors (Lipinski definition) is 5. The Kier molecular flexibility index (Phi) is 6.34. The standard InChI is InChI=1S/C14H26N4O5S/c1-10(16-11(19)9-18(4)24(5,22)23)8-15-12(20)14(6-7-14)13(21)17(2)3/h10H,6-9H2,1-5H3,(H,15,20)(H,16,19). The van der Waals surface area contributed by atoms with E-state index in [4.69, 9.17) is 0 Å². The number of carbonyl (C=O) groups excluding carboxylic acids is 3. The maximum atomic E-state index is 12.2. The van der Waals surface area contributed by atoms with E-state index in [9.17, 15) is 22.8 Å². The van der Waals surface area contributed by atoms with Crippen molar-refractivity contribution in [1.29, 1.82) is 0 Å². The van der Waals surface area contributed by atoms with Gasteiger partial charge < -0.3 is 15.5 Å². The maximum absolute atomic E-state index is 12.2. The summed E-state index contributed by atoms with van der Waals surface area (Å²) in [6, 6.07) is -0.389. The summed E-state index contributed by atoms with van der Waals surface area (Å²) in [5, 5.41) is 5.28. The monoisotopic (exact) mass is 362 g/mol. The summed E-state index contributed by atoms with van der Waals surface area (Å²) in [7, 11) is 1.10. The summed E-state index contributed by atoms with van der Waals surface area (Å²) in [5.74, 6) is -1.02. The fraction of sp³-hybridized carbons (Fsp3) is 0.786. The quantitative estimate of drug-likeness (QED) is 0.503. The second-order valence-electron chi connectivity index (χ2n) is 6.48. The van der Waals surface area contributed by atoms with Crippen LogP contribution in [0.3, 0.4) is 0 Å². The van der Waals surface area contributed by atoms with Gasteiger partial charge in [-0.1, -0.05) is 0 Å². The summed E-state index contributed by atoms with van der Waals surface area (Å²) in [5.41, 5.74) is -0.969. The van der Waals surface area contributed by atoms with E-state index >= 15 is 0 Å². The van der Waals surface area contributed by atoms with Crippen molar-refractivity contribution in [1.82, 2.24) is 19.8 Å². The molecular weight excluding hydrogens is 336 g/mol. The van der Waals surface area contributed by atoms with Gasteiger partial charge in [-0.25, -0.2) is 8.42 Å². The normalized spacial score (nSPS) is 17.1. The number of likely N-dealkylation sites (N-methyl/N-ethyl adjacent to an activating group) is 1. The third-order valence-electron chi connectivity index (χ3n) is 3.91. The molecule has 1 fully saturated rings. The van der Waals surface area contributed by atoms with Crippen LogP contribution >= 0.6 is 0 Å². The molecule has 0 aromatic carbocycles. The van der Waals surface area contributed by atoms with Crippen LogP contribution in [0.2, 0.25) is 0 Å². The molecule has 1 rings (SSSR count). The largest absolute Gasteiger partial charge is 0.353 e. The van der Waals surface area contributed by atoms with E-state index in [0.717, 1.165) is 10.6 Å². The van der Waals surface area contributed by atoms with Crippen LogP contribution < -0.4 is 10.6 Å². The molecule has 24 heavy (non-hydrogen) atoms. The van der Waals surface area contributed by atoms with E-state index in [1.54, 1.807) is 21.0 Å². The number of nitrogens with zero attached hydrogens (tertiary/aromatic N) is 2. The van der Waals surface area contributed by atoms with Crippen molar-refractivity contribution in [2.24, 2.45) is 5.41 Å². The minimum atomic E-state index is -3.43. The van der Waals surface area contributed by atoms with Gasteiger partial charge in [0.1, 0.15) is 5.41 Å². The topological polar surface area (TPSA) is 116 Å². The van der Waals surface area contributed by atoms with Crippen molar-refractivity contribution in [3.63, 3.8) is 0 Å². The van der Waals surface area contributed by atoms with Gasteiger partial charge in [0.2, 0.25) is 27.7 Å². The smallest absolute Gasteiger partial charge is 0.237 e. The van der Waals surface area contributed by atoms with Crippen molar-refractivity contribution in [2.75, 3.05) is 40.5 Å². The van der Waals surface area contributed by atoms with Crippen LogP contribution in [0.4, 0.5) is 0 Å². The lowest BCUT2D eigenvalue weighted by Crippen LogP contribution is -2.49. The zero-order valence-electron chi connectivity index (χ0n) is 14.7. The molecule has 1 saturated carbocycles. The average molecular weight is 362 g/mol. The Labute approximate surface area is 142 Å². The van der Waals surface area contributed by atoms with Crippen LogP contribution in [0.1, 0.15) is 19.8 Å². The molecule has 3 amide bonds. The number of sulfonamides is 1. The van der Waals surface area contributed by atoms with Crippen LogP contribution in [0, 0.1) is 5.41 Å². The lowest BCUT2D eigenvalue weighted by molar-refractivity contribution is -0.142. The number of rotatable bonds is 8. The summed E-state index contributed by atoms with van der Waals surface area (Å²) in [6.45, 7) is 1.56. The number of carbonyl (C=O) groups is 3. The second-order valence-corrected chi connectivity index (χ2v) is 8.57. The van der Waals surface area contributed by atoms with E-state index in [1.807, 2.05) is 0 Å². The molecule has 1 aliphatic rings. The van der Waals surface area contributed by atoms with E-state index in [2.05, 4.69) is 10.6 Å². The zero-order valence-corrected chi connectivity index (χ0v) is 15.6. The molecule has 0 aliphatic heterocycles. The molecule has 1 atom stereocenters. The fourth-order valence-electron chi connectivity index (χ4n) is 2.20. The maximum Gasteiger partial charge on any atom is 0.237 e. The van der Waals surface area contributed by atoms with E-state index in [0.29, 0.717) is 12.8 Å². The minimum Gasteiger partial charge on any atom is -0.353 e. The van der Waals surface area contributed by atoms with Crippen LogP contribution in [0.15, 0.2) is 0 Å². The summed E-state index contributed by atoms with van der Waals surface area (Å²) in [6.07, 6.45) is 2.06. The van der Waals surface area contributed by atoms with E-state index < -0.39 is 21.3 Å². The van der Waals surface area contributed by atoms with Gasteiger partial charge in [0.05, 0.1) is 12.8 Å². The molecule has 1 unspecified atom stereocenters. The fourth-order valence-corrected chi connectivity index (χ4v) is 2.55. The highest BCUT2D eigenvalue weighted by atomic mass is 32.2. The highest BCUT2D eigenvalue weighted by Crippen LogP contribution is 2.47. The molecule has 0 bridgehead atoms. The van der Waals surface area contributed by atoms with Gasteiger partial charge in [0.15, 0.2) is 0 Å². The molecule has 1 aliphatic carbocycles. The average Bonchev–Trinajstić information content (AvgIpc) is 3.24. The minimum absolute atomic E-state index is 0.162. The van der Waals surface area contributed by atoms with Gasteiger partial charge in [0.25, 0.3) is 0 Å². The third-order valence-corrected chi connectivity index (χ3v) is 5.17.